The molecule has 0 amide bonds. The number of hydrogen-bond acceptors (Lipinski definition) is 3. The van der Waals surface area contributed by atoms with E-state index < -0.39 is 18.9 Å². The third-order valence-electron chi connectivity index (χ3n) is 3.10. The fraction of sp³-hybridized carbons (Fsp3) is 0.938. The number of nitrogens with zero attached hydrogens (tertiary/aromatic N) is 3. The molecule has 0 bridgehead atoms. The lowest BCUT2D eigenvalue weighted by Gasteiger charge is -2.30. The number of likely N-dealkylation sites (N-methyl/N-ethyl adjacent to an activating group) is 1. The molecule has 0 N–H and O–H groups in total. The average Bonchev–Trinajstić information content (AvgIpc) is 2.63. The van der Waals surface area contributed by atoms with Crippen molar-refractivity contribution in [3.05, 3.63) is 0 Å². The summed E-state index contributed by atoms with van der Waals surface area (Å²) in [6.45, 7) is 16.0. The quantitative estimate of drug-likeness (QED) is 0.676. The molecule has 0 saturated carbocycles. The van der Waals surface area contributed by atoms with E-state index in [2.05, 4.69) is 16.6 Å². The minimum atomic E-state index is -3.61. The molecule has 0 spiro atoms. The second-order valence-corrected chi connectivity index (χ2v) is 9.54. The summed E-state index contributed by atoms with van der Waals surface area (Å²) in [7, 11) is -1.65. The summed E-state index contributed by atoms with van der Waals surface area (Å²) < 4.78 is 29.3. The first-order valence-electron chi connectivity index (χ1n) is 8.43. The highest BCUT2D eigenvalue weighted by Crippen LogP contribution is 2.56. The van der Waals surface area contributed by atoms with Crippen molar-refractivity contribution in [2.24, 2.45) is 4.76 Å². The molecule has 0 aromatic rings. The highest BCUT2D eigenvalue weighted by molar-refractivity contribution is 7.52. The summed E-state index contributed by atoms with van der Waals surface area (Å²) in [5.41, 5.74) is -1.20. The lowest BCUT2D eigenvalue weighted by atomic mass is 10.2. The van der Waals surface area contributed by atoms with Gasteiger partial charge in [-0.2, -0.15) is 0 Å². The SMILES string of the molecule is CCCCN1CCN(C)C1=NP(=O)(OC(C)(C)C)OC(C)(C)C. The molecule has 1 aliphatic rings. The minimum Gasteiger partial charge on any atom is -0.344 e. The maximum absolute atomic E-state index is 13.3. The van der Waals surface area contributed by atoms with Crippen LogP contribution in [-0.4, -0.2) is 53.6 Å². The fourth-order valence-electron chi connectivity index (χ4n) is 2.27. The van der Waals surface area contributed by atoms with Crippen molar-refractivity contribution in [2.75, 3.05) is 26.7 Å². The first-order chi connectivity index (χ1) is 10.4. The Kier molecular flexibility index (Phi) is 6.71. The maximum atomic E-state index is 13.3. The molecule has 0 aromatic carbocycles. The minimum absolute atomic E-state index is 0.601. The Bertz CT molecular complexity index is 446. The van der Waals surface area contributed by atoms with Crippen LogP contribution in [0.3, 0.4) is 0 Å². The highest BCUT2D eigenvalue weighted by Gasteiger charge is 2.38. The van der Waals surface area contributed by atoms with E-state index in [-0.39, 0.29) is 0 Å². The first-order valence-corrected chi connectivity index (χ1v) is 9.93. The Hall–Kier alpha value is -0.580. The second-order valence-electron chi connectivity index (χ2n) is 8.04. The molecule has 1 rings (SSSR count). The van der Waals surface area contributed by atoms with Gasteiger partial charge in [0.05, 0.1) is 11.2 Å². The van der Waals surface area contributed by atoms with Crippen molar-refractivity contribution in [2.45, 2.75) is 72.5 Å². The van der Waals surface area contributed by atoms with Gasteiger partial charge in [-0.25, -0.2) is 4.57 Å². The molecule has 0 aromatic heterocycles. The molecule has 136 valence electrons. The van der Waals surface area contributed by atoms with Crippen LogP contribution in [0.1, 0.15) is 61.3 Å². The van der Waals surface area contributed by atoms with Gasteiger partial charge < -0.3 is 9.80 Å². The van der Waals surface area contributed by atoms with Crippen molar-refractivity contribution in [1.29, 1.82) is 0 Å². The van der Waals surface area contributed by atoms with Gasteiger partial charge in [-0.3, -0.25) is 9.05 Å². The maximum Gasteiger partial charge on any atom is 0.458 e. The van der Waals surface area contributed by atoms with Gasteiger partial charge >= 0.3 is 7.75 Å². The standard InChI is InChI=1S/C16H34N3O3P/c1-9-10-11-19-13-12-18(8)14(19)17-23(20,21-15(2,3)4)22-16(5,6)7/h9-13H2,1-8H3. The van der Waals surface area contributed by atoms with Crippen LogP contribution in [0.4, 0.5) is 0 Å². The van der Waals surface area contributed by atoms with Gasteiger partial charge in [0.15, 0.2) is 0 Å². The average molecular weight is 347 g/mol. The highest BCUT2D eigenvalue weighted by atomic mass is 31.2. The van der Waals surface area contributed by atoms with E-state index in [9.17, 15) is 4.57 Å². The first kappa shape index (κ1) is 20.5. The zero-order chi connectivity index (χ0) is 17.9. The summed E-state index contributed by atoms with van der Waals surface area (Å²) in [4.78, 5) is 4.18. The zero-order valence-corrected chi connectivity index (χ0v) is 16.9. The summed E-state index contributed by atoms with van der Waals surface area (Å²) in [5, 5.41) is 0. The van der Waals surface area contributed by atoms with Crippen molar-refractivity contribution < 1.29 is 13.6 Å². The van der Waals surface area contributed by atoms with E-state index in [1.165, 1.54) is 0 Å². The Labute approximate surface area is 141 Å². The van der Waals surface area contributed by atoms with Crippen LogP contribution in [0.5, 0.6) is 0 Å². The predicted octanol–water partition coefficient (Wildman–Crippen LogP) is 4.13. The van der Waals surface area contributed by atoms with Gasteiger partial charge in [0.2, 0.25) is 5.96 Å². The summed E-state index contributed by atoms with van der Waals surface area (Å²) in [6, 6.07) is 0. The monoisotopic (exact) mass is 347 g/mol. The van der Waals surface area contributed by atoms with Crippen molar-refractivity contribution >= 4 is 13.7 Å². The third kappa shape index (κ3) is 7.23. The van der Waals surface area contributed by atoms with E-state index in [1.807, 2.05) is 53.5 Å². The van der Waals surface area contributed by atoms with E-state index in [4.69, 9.17) is 9.05 Å². The molecular formula is C16H34N3O3P. The molecule has 1 fully saturated rings. The van der Waals surface area contributed by atoms with Crippen molar-refractivity contribution in [3.8, 4) is 0 Å². The fourth-order valence-corrected chi connectivity index (χ4v) is 4.28. The Morgan fingerprint density at radius 3 is 2.04 bits per heavy atom. The van der Waals surface area contributed by atoms with Crippen LogP contribution in [0, 0.1) is 0 Å². The molecule has 6 nitrogen and oxygen atoms in total. The Morgan fingerprint density at radius 2 is 1.61 bits per heavy atom. The van der Waals surface area contributed by atoms with E-state index in [1.54, 1.807) is 0 Å². The molecule has 0 unspecified atom stereocenters. The van der Waals surface area contributed by atoms with Crippen molar-refractivity contribution in [1.82, 2.24) is 9.80 Å². The molecule has 23 heavy (non-hydrogen) atoms. The second kappa shape index (κ2) is 7.54. The Morgan fingerprint density at radius 1 is 1.09 bits per heavy atom. The van der Waals surface area contributed by atoms with Crippen LogP contribution in [-0.2, 0) is 13.6 Å². The molecule has 1 aliphatic heterocycles. The van der Waals surface area contributed by atoms with Crippen LogP contribution >= 0.6 is 7.75 Å². The third-order valence-corrected chi connectivity index (χ3v) is 5.08. The van der Waals surface area contributed by atoms with Crippen molar-refractivity contribution in [3.63, 3.8) is 0 Å². The summed E-state index contributed by atoms with van der Waals surface area (Å²) >= 11 is 0. The topological polar surface area (TPSA) is 54.4 Å². The van der Waals surface area contributed by atoms with Gasteiger partial charge in [0.1, 0.15) is 0 Å². The molecule has 1 saturated heterocycles. The zero-order valence-electron chi connectivity index (χ0n) is 16.0. The molecule has 1 heterocycles. The normalized spacial score (nSPS) is 19.0. The molecule has 7 heteroatoms. The molecule has 0 atom stereocenters. The molecule has 0 radical (unpaired) electrons. The summed E-state index contributed by atoms with van der Waals surface area (Å²) in [5.74, 6) is 0.704. The molecular weight excluding hydrogens is 313 g/mol. The smallest absolute Gasteiger partial charge is 0.344 e. The van der Waals surface area contributed by atoms with E-state index in [0.29, 0.717) is 5.96 Å². The van der Waals surface area contributed by atoms with Gasteiger partial charge in [-0.05, 0) is 48.0 Å². The van der Waals surface area contributed by atoms with Crippen LogP contribution in [0.2, 0.25) is 0 Å². The van der Waals surface area contributed by atoms with Gasteiger partial charge in [-0.15, -0.1) is 4.76 Å². The number of hydrogen-bond donors (Lipinski definition) is 0. The van der Waals surface area contributed by atoms with E-state index >= 15 is 0 Å². The predicted molar refractivity (Wildman–Crippen MR) is 95.8 cm³/mol. The van der Waals surface area contributed by atoms with Crippen LogP contribution in [0.15, 0.2) is 4.76 Å². The Balaban J connectivity index is 3.11. The largest absolute Gasteiger partial charge is 0.458 e. The van der Waals surface area contributed by atoms with Gasteiger partial charge in [0, 0.05) is 26.7 Å². The molecule has 0 aliphatic carbocycles. The number of guanidine groups is 1. The number of unbranched alkanes of at least 4 members (excludes halogenated alkanes) is 1. The number of rotatable bonds is 6. The van der Waals surface area contributed by atoms with Gasteiger partial charge in [0.25, 0.3) is 0 Å². The van der Waals surface area contributed by atoms with Crippen LogP contribution < -0.4 is 0 Å². The van der Waals surface area contributed by atoms with Gasteiger partial charge in [-0.1, -0.05) is 13.3 Å². The lowest BCUT2D eigenvalue weighted by molar-refractivity contribution is 0.0494. The van der Waals surface area contributed by atoms with E-state index in [0.717, 1.165) is 32.5 Å². The lowest BCUT2D eigenvalue weighted by Crippen LogP contribution is -2.33. The summed E-state index contributed by atoms with van der Waals surface area (Å²) in [6.07, 6.45) is 2.19. The van der Waals surface area contributed by atoms with Crippen LogP contribution in [0.25, 0.3) is 0 Å².